The first-order chi connectivity index (χ1) is 9.47. The highest BCUT2D eigenvalue weighted by molar-refractivity contribution is 9.10. The smallest absolute Gasteiger partial charge is 0.339 e. The van der Waals surface area contributed by atoms with E-state index in [0.29, 0.717) is 11.3 Å². The molecule has 20 heavy (non-hydrogen) atoms. The number of rotatable bonds is 3. The third kappa shape index (κ3) is 3.16. The first kappa shape index (κ1) is 14.1. The number of hydrogen-bond donors (Lipinski definition) is 2. The molecule has 2 aromatic rings. The maximum absolute atomic E-state index is 11.6. The molecule has 0 saturated carbocycles. The summed E-state index contributed by atoms with van der Waals surface area (Å²) in [5.74, 6) is -1.76. The zero-order valence-electron chi connectivity index (χ0n) is 10.1. The molecule has 0 aliphatic carbocycles. The number of hydrogen-bond acceptors (Lipinski definition) is 4. The van der Waals surface area contributed by atoms with Crippen LogP contribution in [0.4, 0.5) is 5.69 Å². The molecule has 2 rings (SSSR count). The summed E-state index contributed by atoms with van der Waals surface area (Å²) in [5, 5.41) is 29.8. The molecule has 102 valence electrons. The van der Waals surface area contributed by atoms with Crippen LogP contribution in [0.2, 0.25) is 0 Å². The number of nitrogens with zero attached hydrogens (tertiary/aromatic N) is 1. The number of carboxylic acids is 1. The van der Waals surface area contributed by atoms with Gasteiger partial charge in [0, 0.05) is 10.7 Å². The fourth-order valence-corrected chi connectivity index (χ4v) is 1.92. The molecule has 0 bridgehead atoms. The topological polar surface area (TPSA) is 93.0 Å². The van der Waals surface area contributed by atoms with Gasteiger partial charge < -0.3 is 15.3 Å². The van der Waals surface area contributed by atoms with Crippen LogP contribution in [0, 0.1) is 0 Å². The van der Waals surface area contributed by atoms with Crippen LogP contribution < -0.4 is 5.11 Å². The fraction of sp³-hybridized carbons (Fsp3) is 0. The van der Waals surface area contributed by atoms with Crippen LogP contribution in [-0.2, 0) is 0 Å². The van der Waals surface area contributed by atoms with Crippen LogP contribution in [0.15, 0.2) is 45.9 Å². The van der Waals surface area contributed by atoms with Crippen LogP contribution in [0.5, 0.6) is 11.5 Å². The van der Waals surface area contributed by atoms with Crippen LogP contribution in [0.1, 0.15) is 15.9 Å². The van der Waals surface area contributed by atoms with Gasteiger partial charge in [-0.25, -0.2) is 4.79 Å². The van der Waals surface area contributed by atoms with Crippen molar-refractivity contribution in [2.45, 2.75) is 0 Å². The summed E-state index contributed by atoms with van der Waals surface area (Å²) >= 11 is 3.25. The predicted octanol–water partition coefficient (Wildman–Crippen LogP) is 2.68. The molecule has 5 nitrogen and oxygen atoms in total. The maximum Gasteiger partial charge on any atom is 0.339 e. The predicted molar refractivity (Wildman–Crippen MR) is 75.9 cm³/mol. The lowest BCUT2D eigenvalue weighted by Crippen LogP contribution is -1.97. The summed E-state index contributed by atoms with van der Waals surface area (Å²) in [5.41, 5.74) is 0.472. The van der Waals surface area contributed by atoms with E-state index in [9.17, 15) is 15.0 Å². The second-order valence-electron chi connectivity index (χ2n) is 3.95. The molecule has 0 saturated heterocycles. The third-order valence-electron chi connectivity index (χ3n) is 2.54. The van der Waals surface area contributed by atoms with Crippen molar-refractivity contribution < 1.29 is 20.1 Å². The van der Waals surface area contributed by atoms with Gasteiger partial charge in [-0.05, 0) is 35.9 Å². The highest BCUT2D eigenvalue weighted by Crippen LogP contribution is 2.24. The van der Waals surface area contributed by atoms with Gasteiger partial charge in [0.25, 0.3) is 0 Å². The minimum Gasteiger partial charge on any atom is -0.872 e. The van der Waals surface area contributed by atoms with Gasteiger partial charge in [0.05, 0.1) is 5.69 Å². The molecule has 0 spiro atoms. The van der Waals surface area contributed by atoms with Crippen LogP contribution in [0.25, 0.3) is 0 Å². The lowest BCUT2D eigenvalue weighted by Gasteiger charge is -2.09. The Labute approximate surface area is 123 Å². The Morgan fingerprint density at radius 3 is 2.70 bits per heavy atom. The molecule has 2 N–H and O–H groups in total. The largest absolute Gasteiger partial charge is 0.872 e. The molecule has 0 amide bonds. The number of carbonyl (C=O) groups is 1. The molecule has 0 unspecified atom stereocenters. The summed E-state index contributed by atoms with van der Waals surface area (Å²) in [6, 6.07) is 8.59. The number of halogens is 1. The first-order valence-corrected chi connectivity index (χ1v) is 6.33. The highest BCUT2D eigenvalue weighted by atomic mass is 79.9. The van der Waals surface area contributed by atoms with E-state index in [-0.39, 0.29) is 17.1 Å². The summed E-state index contributed by atoms with van der Waals surface area (Å²) < 4.78 is 0.746. The average molecular weight is 335 g/mol. The SMILES string of the molecule is O=C(O)c1cc(N=Cc2cc(Br)ccc2[O-])ccc1O. The number of phenols is 1. The number of aromatic hydroxyl groups is 1. The number of aromatic carboxylic acids is 1. The molecule has 0 aliphatic heterocycles. The van der Waals surface area contributed by atoms with Crippen LogP contribution in [0.3, 0.4) is 0 Å². The van der Waals surface area contributed by atoms with Crippen molar-refractivity contribution in [3.05, 3.63) is 52.0 Å². The Bertz CT molecular complexity index is 698. The summed E-state index contributed by atoms with van der Waals surface area (Å²) in [7, 11) is 0. The molecule has 2 aromatic carbocycles. The van der Waals surface area contributed by atoms with E-state index in [1.807, 2.05) is 0 Å². The van der Waals surface area contributed by atoms with Crippen LogP contribution >= 0.6 is 15.9 Å². The Morgan fingerprint density at radius 1 is 1.25 bits per heavy atom. The molecule has 0 aliphatic rings. The van der Waals surface area contributed by atoms with E-state index < -0.39 is 5.97 Å². The molecule has 0 radical (unpaired) electrons. The van der Waals surface area contributed by atoms with E-state index in [1.165, 1.54) is 30.5 Å². The third-order valence-corrected chi connectivity index (χ3v) is 3.03. The monoisotopic (exact) mass is 334 g/mol. The van der Waals surface area contributed by atoms with Crippen molar-refractivity contribution in [2.24, 2.45) is 4.99 Å². The standard InChI is InChI=1S/C14H10BrNO4/c15-9-1-3-12(17)8(5-9)7-16-10-2-4-13(18)11(6-10)14(19)20/h1-7,17-18H,(H,19,20)/p-1. The lowest BCUT2D eigenvalue weighted by atomic mass is 10.2. The molecular weight excluding hydrogens is 326 g/mol. The van der Waals surface area contributed by atoms with Crippen molar-refractivity contribution in [3.63, 3.8) is 0 Å². The van der Waals surface area contributed by atoms with Crippen molar-refractivity contribution in [3.8, 4) is 11.5 Å². The molecule has 0 fully saturated rings. The minimum absolute atomic E-state index is 0.186. The van der Waals surface area contributed by atoms with Gasteiger partial charge in [-0.2, -0.15) is 0 Å². The Balaban J connectivity index is 2.34. The molecule has 6 heteroatoms. The average Bonchev–Trinajstić information content (AvgIpc) is 2.41. The zero-order chi connectivity index (χ0) is 14.7. The highest BCUT2D eigenvalue weighted by Gasteiger charge is 2.09. The van der Waals surface area contributed by atoms with E-state index in [2.05, 4.69) is 20.9 Å². The molecule has 0 heterocycles. The van der Waals surface area contributed by atoms with Crippen LogP contribution in [-0.4, -0.2) is 22.4 Å². The first-order valence-electron chi connectivity index (χ1n) is 5.54. The molecule has 0 atom stereocenters. The number of benzene rings is 2. The van der Waals surface area contributed by atoms with Gasteiger partial charge in [-0.3, -0.25) is 4.99 Å². The summed E-state index contributed by atoms with van der Waals surface area (Å²) in [6.07, 6.45) is 1.35. The zero-order valence-corrected chi connectivity index (χ0v) is 11.7. The lowest BCUT2D eigenvalue weighted by molar-refractivity contribution is -0.268. The van der Waals surface area contributed by atoms with E-state index in [1.54, 1.807) is 12.1 Å². The molecular formula is C14H9BrNO4-. The second kappa shape index (κ2) is 5.75. The van der Waals surface area contributed by atoms with E-state index in [4.69, 9.17) is 5.11 Å². The fourth-order valence-electron chi connectivity index (χ4n) is 1.54. The maximum atomic E-state index is 11.6. The Hall–Kier alpha value is -2.34. The van der Waals surface area contributed by atoms with Gasteiger partial charge in [0.15, 0.2) is 0 Å². The van der Waals surface area contributed by atoms with Crippen molar-refractivity contribution >= 4 is 33.8 Å². The quantitative estimate of drug-likeness (QED) is 0.844. The van der Waals surface area contributed by atoms with Gasteiger partial charge in [-0.15, -0.1) is 0 Å². The number of carboxylic acid groups (broad SMARTS) is 1. The second-order valence-corrected chi connectivity index (χ2v) is 4.86. The van der Waals surface area contributed by atoms with Gasteiger partial charge >= 0.3 is 5.97 Å². The summed E-state index contributed by atoms with van der Waals surface area (Å²) in [6.45, 7) is 0. The van der Waals surface area contributed by atoms with E-state index in [0.717, 1.165) is 4.47 Å². The normalized spacial score (nSPS) is 10.8. The molecule has 0 aromatic heterocycles. The van der Waals surface area contributed by atoms with Gasteiger partial charge in [0.2, 0.25) is 0 Å². The minimum atomic E-state index is -1.24. The van der Waals surface area contributed by atoms with E-state index >= 15 is 0 Å². The van der Waals surface area contributed by atoms with Gasteiger partial charge in [-0.1, -0.05) is 27.7 Å². The number of aliphatic imine (C=N–C) groups is 1. The Kier molecular flexibility index (Phi) is 4.05. The summed E-state index contributed by atoms with van der Waals surface area (Å²) in [4.78, 5) is 14.9. The van der Waals surface area contributed by atoms with Gasteiger partial charge in [0.1, 0.15) is 11.3 Å². The van der Waals surface area contributed by atoms with Crippen molar-refractivity contribution in [2.75, 3.05) is 0 Å². The van der Waals surface area contributed by atoms with Crippen molar-refractivity contribution in [1.82, 2.24) is 0 Å². The van der Waals surface area contributed by atoms with Crippen molar-refractivity contribution in [1.29, 1.82) is 0 Å². The Morgan fingerprint density at radius 2 is 2.00 bits per heavy atom.